The molecular weight excluding hydrogens is 136 g/mol. The number of hydrogen-bond acceptors (Lipinski definition) is 2. The van der Waals surface area contributed by atoms with Crippen LogP contribution in [0.25, 0.3) is 0 Å². The summed E-state index contributed by atoms with van der Waals surface area (Å²) in [5.74, 6) is 0. The Bertz CT molecular complexity index is 102. The molecule has 1 unspecified atom stereocenters. The predicted octanol–water partition coefficient (Wildman–Crippen LogP) is 1.84. The molecule has 0 aromatic heterocycles. The first-order chi connectivity index (χ1) is 5.06. The second kappa shape index (κ2) is 4.73. The Morgan fingerprint density at radius 1 is 1.27 bits per heavy atom. The molecule has 0 aromatic carbocycles. The first-order valence-electron chi connectivity index (χ1n) is 4.58. The standard InChI is InChI=1S/C9H22N2/c1-4-6-7-9(3,5-2)8(10)11/h8H,4-7,10-11H2,1-3H3. The van der Waals surface area contributed by atoms with Crippen molar-refractivity contribution in [3.8, 4) is 0 Å². The van der Waals surface area contributed by atoms with Crippen molar-refractivity contribution in [3.05, 3.63) is 0 Å². The van der Waals surface area contributed by atoms with Crippen molar-refractivity contribution in [1.29, 1.82) is 0 Å². The predicted molar refractivity (Wildman–Crippen MR) is 50.1 cm³/mol. The Balaban J connectivity index is 3.88. The van der Waals surface area contributed by atoms with Gasteiger partial charge in [0, 0.05) is 0 Å². The maximum atomic E-state index is 5.70. The largest absolute Gasteiger partial charge is 0.316 e. The van der Waals surface area contributed by atoms with E-state index in [2.05, 4.69) is 20.8 Å². The molecule has 0 rings (SSSR count). The van der Waals surface area contributed by atoms with Crippen molar-refractivity contribution in [2.24, 2.45) is 16.9 Å². The fourth-order valence-corrected chi connectivity index (χ4v) is 1.16. The zero-order valence-electron chi connectivity index (χ0n) is 8.06. The third-order valence-corrected chi connectivity index (χ3v) is 2.71. The van der Waals surface area contributed by atoms with E-state index in [0.29, 0.717) is 0 Å². The number of nitrogens with two attached hydrogens (primary N) is 2. The lowest BCUT2D eigenvalue weighted by Gasteiger charge is -2.31. The number of unbranched alkanes of at least 4 members (excludes halogenated alkanes) is 1. The van der Waals surface area contributed by atoms with Crippen LogP contribution in [0, 0.1) is 5.41 Å². The van der Waals surface area contributed by atoms with Gasteiger partial charge in [0.25, 0.3) is 0 Å². The van der Waals surface area contributed by atoms with Gasteiger partial charge in [0.15, 0.2) is 0 Å². The Labute approximate surface area is 70.3 Å². The summed E-state index contributed by atoms with van der Waals surface area (Å²) in [7, 11) is 0. The molecule has 0 aliphatic carbocycles. The van der Waals surface area contributed by atoms with Gasteiger partial charge in [-0.1, -0.05) is 33.6 Å². The molecule has 0 aliphatic rings. The molecule has 0 amide bonds. The summed E-state index contributed by atoms with van der Waals surface area (Å²) in [6.07, 6.45) is 4.51. The highest BCUT2D eigenvalue weighted by Crippen LogP contribution is 2.28. The van der Waals surface area contributed by atoms with Crippen LogP contribution < -0.4 is 11.5 Å². The maximum Gasteiger partial charge on any atom is 0.0576 e. The van der Waals surface area contributed by atoms with E-state index in [1.165, 1.54) is 12.8 Å². The lowest BCUT2D eigenvalue weighted by molar-refractivity contribution is 0.219. The zero-order valence-corrected chi connectivity index (χ0v) is 8.06. The molecular formula is C9H22N2. The normalized spacial score (nSPS) is 16.9. The molecule has 2 nitrogen and oxygen atoms in total. The summed E-state index contributed by atoms with van der Waals surface area (Å²) in [6, 6.07) is 0. The average Bonchev–Trinajstić information content (AvgIpc) is 2.00. The lowest BCUT2D eigenvalue weighted by atomic mass is 9.80. The molecule has 0 aromatic rings. The van der Waals surface area contributed by atoms with Gasteiger partial charge < -0.3 is 11.5 Å². The summed E-state index contributed by atoms with van der Waals surface area (Å²) in [4.78, 5) is 0. The van der Waals surface area contributed by atoms with Gasteiger partial charge in [0.05, 0.1) is 6.17 Å². The molecule has 68 valence electrons. The molecule has 0 aliphatic heterocycles. The van der Waals surface area contributed by atoms with E-state index >= 15 is 0 Å². The van der Waals surface area contributed by atoms with Gasteiger partial charge in [0.1, 0.15) is 0 Å². The van der Waals surface area contributed by atoms with E-state index in [9.17, 15) is 0 Å². The second-order valence-corrected chi connectivity index (χ2v) is 3.64. The Morgan fingerprint density at radius 3 is 2.09 bits per heavy atom. The van der Waals surface area contributed by atoms with E-state index in [1.807, 2.05) is 0 Å². The van der Waals surface area contributed by atoms with E-state index in [-0.39, 0.29) is 11.6 Å². The number of rotatable bonds is 5. The highest BCUT2D eigenvalue weighted by molar-refractivity contribution is 4.79. The fourth-order valence-electron chi connectivity index (χ4n) is 1.16. The van der Waals surface area contributed by atoms with Gasteiger partial charge in [0.2, 0.25) is 0 Å². The first-order valence-corrected chi connectivity index (χ1v) is 4.58. The molecule has 1 atom stereocenters. The van der Waals surface area contributed by atoms with Crippen LogP contribution in [-0.2, 0) is 0 Å². The SMILES string of the molecule is CCCCC(C)(CC)C(N)N. The third-order valence-electron chi connectivity index (χ3n) is 2.71. The molecule has 4 N–H and O–H groups in total. The van der Waals surface area contributed by atoms with E-state index < -0.39 is 0 Å². The quantitative estimate of drug-likeness (QED) is 0.600. The Hall–Kier alpha value is -0.0800. The van der Waals surface area contributed by atoms with Gasteiger partial charge >= 0.3 is 0 Å². The van der Waals surface area contributed by atoms with Crippen LogP contribution in [0.5, 0.6) is 0 Å². The Morgan fingerprint density at radius 2 is 1.82 bits per heavy atom. The summed E-state index contributed by atoms with van der Waals surface area (Å²) in [5.41, 5.74) is 11.5. The number of hydrogen-bond donors (Lipinski definition) is 2. The third kappa shape index (κ3) is 3.21. The zero-order chi connectivity index (χ0) is 8.91. The molecule has 0 radical (unpaired) electrons. The van der Waals surface area contributed by atoms with Crippen LogP contribution in [0.4, 0.5) is 0 Å². The monoisotopic (exact) mass is 158 g/mol. The first kappa shape index (κ1) is 10.9. The van der Waals surface area contributed by atoms with Gasteiger partial charge in [-0.25, -0.2) is 0 Å². The van der Waals surface area contributed by atoms with Crippen molar-refractivity contribution in [2.75, 3.05) is 0 Å². The van der Waals surface area contributed by atoms with Crippen molar-refractivity contribution in [2.45, 2.75) is 52.6 Å². The van der Waals surface area contributed by atoms with E-state index in [0.717, 1.165) is 12.8 Å². The van der Waals surface area contributed by atoms with Crippen LogP contribution in [0.3, 0.4) is 0 Å². The summed E-state index contributed by atoms with van der Waals surface area (Å²) in [5, 5.41) is 0. The Kier molecular flexibility index (Phi) is 4.69. The van der Waals surface area contributed by atoms with E-state index in [1.54, 1.807) is 0 Å². The van der Waals surface area contributed by atoms with Gasteiger partial charge in [-0.3, -0.25) is 0 Å². The van der Waals surface area contributed by atoms with Crippen LogP contribution in [0.2, 0.25) is 0 Å². The van der Waals surface area contributed by atoms with Crippen LogP contribution in [-0.4, -0.2) is 6.17 Å². The minimum Gasteiger partial charge on any atom is -0.316 e. The topological polar surface area (TPSA) is 52.0 Å². The van der Waals surface area contributed by atoms with Crippen molar-refractivity contribution < 1.29 is 0 Å². The van der Waals surface area contributed by atoms with Gasteiger partial charge in [-0.2, -0.15) is 0 Å². The molecule has 0 saturated carbocycles. The summed E-state index contributed by atoms with van der Waals surface area (Å²) >= 11 is 0. The molecule has 0 heterocycles. The van der Waals surface area contributed by atoms with Crippen molar-refractivity contribution in [3.63, 3.8) is 0 Å². The lowest BCUT2D eigenvalue weighted by Crippen LogP contribution is -2.46. The van der Waals surface area contributed by atoms with Crippen LogP contribution in [0.1, 0.15) is 46.5 Å². The fraction of sp³-hybridized carbons (Fsp3) is 1.00. The highest BCUT2D eigenvalue weighted by Gasteiger charge is 2.25. The summed E-state index contributed by atoms with van der Waals surface area (Å²) in [6.45, 7) is 6.52. The molecule has 2 heteroatoms. The minimum absolute atomic E-state index is 0.149. The van der Waals surface area contributed by atoms with E-state index in [4.69, 9.17) is 11.5 Å². The van der Waals surface area contributed by atoms with Gasteiger partial charge in [-0.05, 0) is 18.3 Å². The molecule has 0 saturated heterocycles. The molecule has 0 bridgehead atoms. The maximum absolute atomic E-state index is 5.70. The molecule has 11 heavy (non-hydrogen) atoms. The molecule has 0 spiro atoms. The highest BCUT2D eigenvalue weighted by atomic mass is 14.9. The van der Waals surface area contributed by atoms with Crippen molar-refractivity contribution >= 4 is 0 Å². The van der Waals surface area contributed by atoms with Crippen LogP contribution in [0.15, 0.2) is 0 Å². The average molecular weight is 158 g/mol. The summed E-state index contributed by atoms with van der Waals surface area (Å²) < 4.78 is 0. The van der Waals surface area contributed by atoms with Crippen molar-refractivity contribution in [1.82, 2.24) is 0 Å². The van der Waals surface area contributed by atoms with Crippen LogP contribution >= 0.6 is 0 Å². The minimum atomic E-state index is -0.168. The molecule has 0 fully saturated rings. The van der Waals surface area contributed by atoms with Gasteiger partial charge in [-0.15, -0.1) is 0 Å². The smallest absolute Gasteiger partial charge is 0.0576 e. The second-order valence-electron chi connectivity index (χ2n) is 3.64.